The van der Waals surface area contributed by atoms with Crippen LogP contribution in [0.4, 0.5) is 0 Å². The molecule has 1 rings (SSSR count). The lowest BCUT2D eigenvalue weighted by Crippen LogP contribution is -2.44. The Balaban J connectivity index is 2.34. The Labute approximate surface area is 69.3 Å². The first-order valence-electron chi connectivity index (χ1n) is 4.30. The average Bonchev–Trinajstić information content (AvgIpc) is 2.10. The molecular formula is C9H19N2+. The third-order valence-corrected chi connectivity index (χ3v) is 1.91. The van der Waals surface area contributed by atoms with Gasteiger partial charge in [0.1, 0.15) is 13.3 Å². The van der Waals surface area contributed by atoms with E-state index in [9.17, 15) is 0 Å². The fourth-order valence-electron chi connectivity index (χ4n) is 1.56. The van der Waals surface area contributed by atoms with Crippen molar-refractivity contribution in [2.24, 2.45) is 0 Å². The highest BCUT2D eigenvalue weighted by atomic mass is 15.1. The quantitative estimate of drug-likeness (QED) is 0.555. The van der Waals surface area contributed by atoms with E-state index >= 15 is 0 Å². The smallest absolute Gasteiger partial charge is 0.157 e. The highest BCUT2D eigenvalue weighted by Crippen LogP contribution is 2.08. The summed E-state index contributed by atoms with van der Waals surface area (Å²) in [6, 6.07) is 0.646. The fraction of sp³-hybridized carbons (Fsp3) is 0.889. The molecule has 1 aliphatic heterocycles. The summed E-state index contributed by atoms with van der Waals surface area (Å²) in [5.41, 5.74) is 0.246. The zero-order valence-corrected chi connectivity index (χ0v) is 7.85. The Hall–Kier alpha value is -0.370. The first-order chi connectivity index (χ1) is 4.97. The standard InChI is InChI=1S/C9H19N2/c1-9(2,3)10-8-5-6-11(4)7-8/h8,10H,4-7H2,1-3H3/q+1. The summed E-state index contributed by atoms with van der Waals surface area (Å²) in [6.45, 7) is 12.8. The number of nitrogens with zero attached hydrogens (tertiary/aromatic N) is 1. The molecule has 11 heavy (non-hydrogen) atoms. The predicted molar refractivity (Wildman–Crippen MR) is 48.4 cm³/mol. The zero-order valence-electron chi connectivity index (χ0n) is 7.85. The Kier molecular flexibility index (Phi) is 2.33. The first-order valence-corrected chi connectivity index (χ1v) is 4.30. The molecule has 0 spiro atoms. The summed E-state index contributed by atoms with van der Waals surface area (Å²) in [5, 5.41) is 3.57. The van der Waals surface area contributed by atoms with Crippen molar-refractivity contribution in [1.82, 2.24) is 5.32 Å². The van der Waals surface area contributed by atoms with Crippen LogP contribution in [0.25, 0.3) is 0 Å². The number of nitrogens with one attached hydrogen (secondary N) is 1. The van der Waals surface area contributed by atoms with Crippen molar-refractivity contribution in [3.05, 3.63) is 0 Å². The second kappa shape index (κ2) is 2.94. The van der Waals surface area contributed by atoms with E-state index in [2.05, 4.69) is 37.4 Å². The summed E-state index contributed by atoms with van der Waals surface area (Å²) in [4.78, 5) is 0. The molecule has 2 nitrogen and oxygen atoms in total. The van der Waals surface area contributed by atoms with E-state index in [1.807, 2.05) is 0 Å². The van der Waals surface area contributed by atoms with Crippen LogP contribution in [0.1, 0.15) is 27.2 Å². The van der Waals surface area contributed by atoms with Gasteiger partial charge in [-0.15, -0.1) is 0 Å². The number of rotatable bonds is 1. The highest BCUT2D eigenvalue weighted by molar-refractivity contribution is 5.15. The van der Waals surface area contributed by atoms with Crippen LogP contribution in [0.3, 0.4) is 0 Å². The van der Waals surface area contributed by atoms with Gasteiger partial charge in [0.2, 0.25) is 0 Å². The Morgan fingerprint density at radius 1 is 1.45 bits per heavy atom. The van der Waals surface area contributed by atoms with E-state index in [0.717, 1.165) is 13.1 Å². The van der Waals surface area contributed by atoms with Gasteiger partial charge in [0.25, 0.3) is 0 Å². The molecule has 0 aromatic carbocycles. The average molecular weight is 155 g/mol. The van der Waals surface area contributed by atoms with Crippen LogP contribution in [0.2, 0.25) is 0 Å². The predicted octanol–water partition coefficient (Wildman–Crippen LogP) is 0.860. The van der Waals surface area contributed by atoms with E-state index in [-0.39, 0.29) is 5.54 Å². The molecule has 1 atom stereocenters. The Bertz CT molecular complexity index is 155. The summed E-state index contributed by atoms with van der Waals surface area (Å²) in [6.07, 6.45) is 1.24. The molecule has 1 N–H and O–H groups in total. The van der Waals surface area contributed by atoms with E-state index in [4.69, 9.17) is 0 Å². The summed E-state index contributed by atoms with van der Waals surface area (Å²) in [5.74, 6) is 0. The van der Waals surface area contributed by atoms with E-state index in [1.54, 1.807) is 0 Å². The van der Waals surface area contributed by atoms with Crippen LogP contribution in [-0.4, -0.2) is 36.0 Å². The molecule has 0 aromatic rings. The van der Waals surface area contributed by atoms with Crippen molar-refractivity contribution in [3.8, 4) is 0 Å². The molecule has 0 radical (unpaired) electrons. The van der Waals surface area contributed by atoms with E-state index in [1.165, 1.54) is 6.42 Å². The molecule has 1 fully saturated rings. The van der Waals surface area contributed by atoms with E-state index in [0.29, 0.717) is 6.04 Å². The molecule has 1 aliphatic rings. The van der Waals surface area contributed by atoms with Gasteiger partial charge in [-0.2, -0.15) is 0 Å². The van der Waals surface area contributed by atoms with Gasteiger partial charge in [0.15, 0.2) is 6.54 Å². The fourth-order valence-corrected chi connectivity index (χ4v) is 1.56. The van der Waals surface area contributed by atoms with Crippen molar-refractivity contribution < 1.29 is 4.58 Å². The van der Waals surface area contributed by atoms with Gasteiger partial charge in [-0.05, 0) is 20.8 Å². The molecule has 1 unspecified atom stereocenters. The van der Waals surface area contributed by atoms with Crippen molar-refractivity contribution in [2.75, 3.05) is 13.1 Å². The van der Waals surface area contributed by atoms with Gasteiger partial charge >= 0.3 is 0 Å². The summed E-state index contributed by atoms with van der Waals surface area (Å²) in [7, 11) is 0. The molecule has 1 saturated heterocycles. The van der Waals surface area contributed by atoms with Crippen LogP contribution in [0.5, 0.6) is 0 Å². The number of hydrogen-bond acceptors (Lipinski definition) is 1. The van der Waals surface area contributed by atoms with Gasteiger partial charge in [-0.1, -0.05) is 0 Å². The normalized spacial score (nSPS) is 26.1. The molecule has 2 heteroatoms. The lowest BCUT2D eigenvalue weighted by molar-refractivity contribution is -0.498. The van der Waals surface area contributed by atoms with Gasteiger partial charge in [0, 0.05) is 12.0 Å². The molecular weight excluding hydrogens is 136 g/mol. The van der Waals surface area contributed by atoms with Gasteiger partial charge in [0.05, 0.1) is 6.04 Å². The van der Waals surface area contributed by atoms with Gasteiger partial charge < -0.3 is 5.32 Å². The van der Waals surface area contributed by atoms with Crippen LogP contribution in [0.15, 0.2) is 0 Å². The topological polar surface area (TPSA) is 15.0 Å². The van der Waals surface area contributed by atoms with Crippen molar-refractivity contribution in [2.45, 2.75) is 38.8 Å². The molecule has 0 bridgehead atoms. The van der Waals surface area contributed by atoms with Crippen LogP contribution >= 0.6 is 0 Å². The van der Waals surface area contributed by atoms with Crippen LogP contribution in [0, 0.1) is 0 Å². The lowest BCUT2D eigenvalue weighted by Gasteiger charge is -2.23. The third-order valence-electron chi connectivity index (χ3n) is 1.91. The molecule has 1 heterocycles. The maximum absolute atomic E-state index is 3.91. The highest BCUT2D eigenvalue weighted by Gasteiger charge is 2.26. The van der Waals surface area contributed by atoms with Gasteiger partial charge in [-0.3, -0.25) is 0 Å². The molecule has 0 amide bonds. The minimum atomic E-state index is 0.246. The second-order valence-corrected chi connectivity index (χ2v) is 4.46. The maximum atomic E-state index is 3.91. The van der Waals surface area contributed by atoms with Crippen LogP contribution in [-0.2, 0) is 0 Å². The Morgan fingerprint density at radius 3 is 2.45 bits per heavy atom. The van der Waals surface area contributed by atoms with Crippen molar-refractivity contribution in [1.29, 1.82) is 0 Å². The van der Waals surface area contributed by atoms with Crippen molar-refractivity contribution >= 4 is 6.72 Å². The van der Waals surface area contributed by atoms with Gasteiger partial charge in [-0.25, -0.2) is 4.58 Å². The third kappa shape index (κ3) is 3.02. The summed E-state index contributed by atoms with van der Waals surface area (Å²) < 4.78 is 2.13. The van der Waals surface area contributed by atoms with E-state index < -0.39 is 0 Å². The minimum Gasteiger partial charge on any atom is -0.303 e. The molecule has 0 saturated carbocycles. The second-order valence-electron chi connectivity index (χ2n) is 4.46. The number of hydrogen-bond donors (Lipinski definition) is 1. The maximum Gasteiger partial charge on any atom is 0.157 e. The SMILES string of the molecule is C=[N+]1CCC(NC(C)(C)C)C1. The van der Waals surface area contributed by atoms with Crippen LogP contribution < -0.4 is 5.32 Å². The molecule has 64 valence electrons. The molecule has 0 aromatic heterocycles. The minimum absolute atomic E-state index is 0.246. The monoisotopic (exact) mass is 155 g/mol. The zero-order chi connectivity index (χ0) is 8.48. The lowest BCUT2D eigenvalue weighted by atomic mass is 10.1. The first kappa shape index (κ1) is 8.72. The van der Waals surface area contributed by atoms with Crippen molar-refractivity contribution in [3.63, 3.8) is 0 Å². The Morgan fingerprint density at radius 2 is 2.09 bits per heavy atom. The summed E-state index contributed by atoms with van der Waals surface area (Å²) >= 11 is 0. The largest absolute Gasteiger partial charge is 0.303 e. The molecule has 0 aliphatic carbocycles.